The third kappa shape index (κ3) is 4.17. The topological polar surface area (TPSA) is 57.4 Å². The molecule has 0 amide bonds. The fraction of sp³-hybridized carbons (Fsp3) is 0.222. The number of benzene rings is 1. The van der Waals surface area contributed by atoms with Crippen LogP contribution in [0.5, 0.6) is 5.75 Å². The summed E-state index contributed by atoms with van der Waals surface area (Å²) in [6.45, 7) is 3.45. The normalized spacial score (nSPS) is 10.7. The predicted octanol–water partition coefficient (Wildman–Crippen LogP) is 3.85. The zero-order valence-corrected chi connectivity index (χ0v) is 12.9. The maximum absolute atomic E-state index is 5.60. The van der Waals surface area contributed by atoms with Gasteiger partial charge in [0.2, 0.25) is 0 Å². The van der Waals surface area contributed by atoms with Crippen LogP contribution in [0.25, 0.3) is 11.3 Å². The largest absolute Gasteiger partial charge is 0.494 e. The van der Waals surface area contributed by atoms with Gasteiger partial charge in [-0.1, -0.05) is 11.2 Å². The first kappa shape index (κ1) is 15.2. The average molecular weight is 310 g/mol. The summed E-state index contributed by atoms with van der Waals surface area (Å²) in [7, 11) is 0. The summed E-state index contributed by atoms with van der Waals surface area (Å²) >= 11 is 0. The van der Waals surface area contributed by atoms with Crippen molar-refractivity contribution in [3.8, 4) is 17.1 Å². The van der Waals surface area contributed by atoms with Gasteiger partial charge in [-0.2, -0.15) is 0 Å². The van der Waals surface area contributed by atoms with Gasteiger partial charge < -0.3 is 14.0 Å². The minimum Gasteiger partial charge on any atom is -0.494 e. The van der Waals surface area contributed by atoms with E-state index in [4.69, 9.17) is 14.0 Å². The molecular weight excluding hydrogens is 292 g/mol. The number of nitrogens with zero attached hydrogens (tertiary/aromatic N) is 2. The fourth-order valence-electron chi connectivity index (χ4n) is 2.14. The molecular formula is C18H18N2O3. The van der Waals surface area contributed by atoms with E-state index in [1.165, 1.54) is 0 Å². The van der Waals surface area contributed by atoms with E-state index < -0.39 is 0 Å². The molecule has 2 aromatic heterocycles. The summed E-state index contributed by atoms with van der Waals surface area (Å²) in [5.41, 5.74) is 2.60. The van der Waals surface area contributed by atoms with Gasteiger partial charge in [0.1, 0.15) is 11.4 Å². The van der Waals surface area contributed by atoms with E-state index in [-0.39, 0.29) is 0 Å². The Hall–Kier alpha value is -2.66. The molecule has 3 rings (SSSR count). The van der Waals surface area contributed by atoms with Crippen molar-refractivity contribution in [1.29, 1.82) is 0 Å². The lowest BCUT2D eigenvalue weighted by Gasteiger charge is -2.02. The van der Waals surface area contributed by atoms with Gasteiger partial charge in [-0.05, 0) is 43.3 Å². The lowest BCUT2D eigenvalue weighted by molar-refractivity contribution is 0.0997. The van der Waals surface area contributed by atoms with Crippen LogP contribution in [0.3, 0.4) is 0 Å². The second kappa shape index (κ2) is 7.56. The van der Waals surface area contributed by atoms with Crippen molar-refractivity contribution in [3.63, 3.8) is 0 Å². The molecule has 0 N–H and O–H groups in total. The minimum atomic E-state index is 0.386. The minimum absolute atomic E-state index is 0.386. The molecule has 1 aromatic carbocycles. The standard InChI is InChI=1S/C18H18N2O3/c1-2-22-17-8-6-14(7-9-17)18-11-16(20-23-18)13-21-12-15-5-3-4-10-19-15/h3-11H,2,12-13H2,1H3. The van der Waals surface area contributed by atoms with Gasteiger partial charge in [0, 0.05) is 17.8 Å². The van der Waals surface area contributed by atoms with Crippen LogP contribution in [0.15, 0.2) is 59.3 Å². The molecule has 3 aromatic rings. The van der Waals surface area contributed by atoms with Crippen LogP contribution in [-0.4, -0.2) is 16.7 Å². The van der Waals surface area contributed by atoms with Gasteiger partial charge in [0.05, 0.1) is 25.5 Å². The Balaban J connectivity index is 1.57. The summed E-state index contributed by atoms with van der Waals surface area (Å²) < 4.78 is 16.4. The molecule has 0 fully saturated rings. The lowest BCUT2D eigenvalue weighted by Crippen LogP contribution is -1.95. The SMILES string of the molecule is CCOc1ccc(-c2cc(COCc3ccccn3)no2)cc1. The van der Waals surface area contributed by atoms with Crippen molar-refractivity contribution >= 4 is 0 Å². The molecule has 0 unspecified atom stereocenters. The van der Waals surface area contributed by atoms with Crippen molar-refractivity contribution in [2.24, 2.45) is 0 Å². The van der Waals surface area contributed by atoms with E-state index in [1.807, 2.05) is 55.5 Å². The molecule has 0 radical (unpaired) electrons. The Bertz CT molecular complexity index is 724. The zero-order valence-electron chi connectivity index (χ0n) is 12.9. The number of hydrogen-bond donors (Lipinski definition) is 0. The smallest absolute Gasteiger partial charge is 0.167 e. The van der Waals surface area contributed by atoms with Crippen molar-refractivity contribution < 1.29 is 14.0 Å². The predicted molar refractivity (Wildman–Crippen MR) is 85.8 cm³/mol. The highest BCUT2D eigenvalue weighted by molar-refractivity contribution is 5.58. The molecule has 0 spiro atoms. The van der Waals surface area contributed by atoms with Crippen molar-refractivity contribution in [2.75, 3.05) is 6.61 Å². The summed E-state index contributed by atoms with van der Waals surface area (Å²) in [5.74, 6) is 1.55. The van der Waals surface area contributed by atoms with E-state index in [9.17, 15) is 0 Å². The number of rotatable bonds is 7. The van der Waals surface area contributed by atoms with Crippen LogP contribution >= 0.6 is 0 Å². The van der Waals surface area contributed by atoms with E-state index in [1.54, 1.807) is 6.20 Å². The Morgan fingerprint density at radius 1 is 1.00 bits per heavy atom. The number of aromatic nitrogens is 2. The summed E-state index contributed by atoms with van der Waals surface area (Å²) in [6, 6.07) is 15.4. The monoisotopic (exact) mass is 310 g/mol. The van der Waals surface area contributed by atoms with Gasteiger partial charge in [0.25, 0.3) is 0 Å². The van der Waals surface area contributed by atoms with Gasteiger partial charge in [-0.3, -0.25) is 4.98 Å². The van der Waals surface area contributed by atoms with Gasteiger partial charge in [0.15, 0.2) is 5.76 Å². The molecule has 0 bridgehead atoms. The van der Waals surface area contributed by atoms with Crippen LogP contribution in [-0.2, 0) is 18.0 Å². The van der Waals surface area contributed by atoms with E-state index in [2.05, 4.69) is 10.1 Å². The Kier molecular flexibility index (Phi) is 5.01. The van der Waals surface area contributed by atoms with Crippen LogP contribution in [0, 0.1) is 0 Å². The van der Waals surface area contributed by atoms with Gasteiger partial charge in [-0.15, -0.1) is 0 Å². The van der Waals surface area contributed by atoms with Crippen LogP contribution in [0.2, 0.25) is 0 Å². The Labute approximate surface area is 134 Å². The first-order valence-electron chi connectivity index (χ1n) is 7.51. The van der Waals surface area contributed by atoms with Gasteiger partial charge >= 0.3 is 0 Å². The van der Waals surface area contributed by atoms with Crippen molar-refractivity contribution in [2.45, 2.75) is 20.1 Å². The second-order valence-corrected chi connectivity index (χ2v) is 4.95. The quantitative estimate of drug-likeness (QED) is 0.663. The highest BCUT2D eigenvalue weighted by atomic mass is 16.5. The van der Waals surface area contributed by atoms with Crippen LogP contribution in [0.4, 0.5) is 0 Å². The number of pyridine rings is 1. The van der Waals surface area contributed by atoms with E-state index in [0.717, 1.165) is 22.7 Å². The van der Waals surface area contributed by atoms with E-state index in [0.29, 0.717) is 25.6 Å². The number of hydrogen-bond acceptors (Lipinski definition) is 5. The third-order valence-corrected chi connectivity index (χ3v) is 3.23. The van der Waals surface area contributed by atoms with Crippen LogP contribution < -0.4 is 4.74 Å². The summed E-state index contributed by atoms with van der Waals surface area (Å²) in [5, 5.41) is 4.03. The lowest BCUT2D eigenvalue weighted by atomic mass is 10.1. The molecule has 0 aliphatic heterocycles. The average Bonchev–Trinajstić information content (AvgIpc) is 3.06. The number of ether oxygens (including phenoxy) is 2. The molecule has 0 saturated heterocycles. The Morgan fingerprint density at radius 3 is 2.57 bits per heavy atom. The highest BCUT2D eigenvalue weighted by Crippen LogP contribution is 2.23. The maximum atomic E-state index is 5.60. The molecule has 0 saturated carbocycles. The van der Waals surface area contributed by atoms with Crippen molar-refractivity contribution in [3.05, 3.63) is 66.1 Å². The molecule has 23 heavy (non-hydrogen) atoms. The molecule has 0 atom stereocenters. The molecule has 5 nitrogen and oxygen atoms in total. The first-order valence-corrected chi connectivity index (χ1v) is 7.51. The third-order valence-electron chi connectivity index (χ3n) is 3.23. The zero-order chi connectivity index (χ0) is 15.9. The Morgan fingerprint density at radius 2 is 1.83 bits per heavy atom. The second-order valence-electron chi connectivity index (χ2n) is 4.95. The summed E-state index contributed by atoms with van der Waals surface area (Å²) in [6.07, 6.45) is 1.75. The molecule has 0 aliphatic carbocycles. The molecule has 118 valence electrons. The summed E-state index contributed by atoms with van der Waals surface area (Å²) in [4.78, 5) is 4.21. The maximum Gasteiger partial charge on any atom is 0.167 e. The van der Waals surface area contributed by atoms with Gasteiger partial charge in [-0.25, -0.2) is 0 Å². The molecule has 2 heterocycles. The highest BCUT2D eigenvalue weighted by Gasteiger charge is 2.07. The van der Waals surface area contributed by atoms with Crippen molar-refractivity contribution in [1.82, 2.24) is 10.1 Å². The molecule has 0 aliphatic rings. The fourth-order valence-corrected chi connectivity index (χ4v) is 2.14. The molecule has 5 heteroatoms. The first-order chi connectivity index (χ1) is 11.3. The van der Waals surface area contributed by atoms with Crippen LogP contribution in [0.1, 0.15) is 18.3 Å². The van der Waals surface area contributed by atoms with E-state index >= 15 is 0 Å².